The van der Waals surface area contributed by atoms with Crippen LogP contribution in [0.3, 0.4) is 0 Å². The number of carbonyl (C=O) groups excluding carboxylic acids is 1. The molecule has 0 atom stereocenters. The molecule has 4 aromatic rings. The van der Waals surface area contributed by atoms with E-state index in [4.69, 9.17) is 9.15 Å². The standard InChI is InChI=1S/C23H17FN4O3/c24-18-4-1-16(2-5-18)21-11-12-25-13-17(21)3-10-22(29)27-19-6-8-20(9-7-19)30-14-23-28-26-15-31-23/h1-13,15H,14H2,(H,27,29). The molecule has 2 heterocycles. The van der Waals surface area contributed by atoms with Crippen LogP contribution in [0, 0.1) is 5.82 Å². The molecule has 0 aliphatic rings. The van der Waals surface area contributed by atoms with Crippen LogP contribution in [0.15, 0.2) is 83.9 Å². The Hall–Kier alpha value is -4.33. The van der Waals surface area contributed by atoms with Crippen molar-refractivity contribution in [1.82, 2.24) is 15.2 Å². The number of anilines is 1. The number of halogens is 1. The lowest BCUT2D eigenvalue weighted by atomic mass is 10.0. The lowest BCUT2D eigenvalue weighted by molar-refractivity contribution is -0.111. The number of hydrogen-bond acceptors (Lipinski definition) is 6. The molecule has 0 aliphatic carbocycles. The summed E-state index contributed by atoms with van der Waals surface area (Å²) in [5, 5.41) is 10.1. The van der Waals surface area contributed by atoms with Gasteiger partial charge in [-0.2, -0.15) is 0 Å². The van der Waals surface area contributed by atoms with Crippen molar-refractivity contribution >= 4 is 17.7 Å². The predicted molar refractivity (Wildman–Crippen MR) is 112 cm³/mol. The van der Waals surface area contributed by atoms with Crippen LogP contribution in [-0.4, -0.2) is 21.1 Å². The predicted octanol–water partition coefficient (Wildman–Crippen LogP) is 4.50. The molecule has 8 heteroatoms. The fraction of sp³-hybridized carbons (Fsp3) is 0.0435. The van der Waals surface area contributed by atoms with Crippen LogP contribution in [-0.2, 0) is 11.4 Å². The Kier molecular flexibility index (Phi) is 6.08. The van der Waals surface area contributed by atoms with Gasteiger partial charge in [-0.15, -0.1) is 10.2 Å². The number of ether oxygens (including phenoxy) is 1. The molecule has 4 rings (SSSR count). The van der Waals surface area contributed by atoms with Crippen LogP contribution in [0.4, 0.5) is 10.1 Å². The maximum atomic E-state index is 13.2. The number of hydrogen-bond donors (Lipinski definition) is 1. The Balaban J connectivity index is 1.38. The highest BCUT2D eigenvalue weighted by molar-refractivity contribution is 6.02. The van der Waals surface area contributed by atoms with Crippen LogP contribution in [0.1, 0.15) is 11.5 Å². The maximum Gasteiger partial charge on any atom is 0.253 e. The van der Waals surface area contributed by atoms with Crippen LogP contribution < -0.4 is 10.1 Å². The molecule has 2 aromatic carbocycles. The maximum absolute atomic E-state index is 13.2. The third-order valence-electron chi connectivity index (χ3n) is 4.31. The lowest BCUT2D eigenvalue weighted by Crippen LogP contribution is -2.07. The summed E-state index contributed by atoms with van der Waals surface area (Å²) in [6.45, 7) is 0.163. The van der Waals surface area contributed by atoms with E-state index in [1.807, 2.05) is 6.07 Å². The Morgan fingerprint density at radius 3 is 2.65 bits per heavy atom. The van der Waals surface area contributed by atoms with Gasteiger partial charge >= 0.3 is 0 Å². The topological polar surface area (TPSA) is 90.1 Å². The van der Waals surface area contributed by atoms with Gasteiger partial charge < -0.3 is 14.5 Å². The highest BCUT2D eigenvalue weighted by Gasteiger charge is 2.05. The number of aromatic nitrogens is 3. The van der Waals surface area contributed by atoms with Crippen LogP contribution in [0.25, 0.3) is 17.2 Å². The molecule has 0 spiro atoms. The third kappa shape index (κ3) is 5.39. The van der Waals surface area contributed by atoms with Gasteiger partial charge in [0.25, 0.3) is 5.89 Å². The molecule has 154 valence electrons. The highest BCUT2D eigenvalue weighted by atomic mass is 19.1. The van der Waals surface area contributed by atoms with Crippen molar-refractivity contribution in [2.75, 3.05) is 5.32 Å². The molecule has 0 saturated heterocycles. The van der Waals surface area contributed by atoms with Gasteiger partial charge in [0.15, 0.2) is 6.61 Å². The zero-order valence-electron chi connectivity index (χ0n) is 16.2. The molecule has 7 nitrogen and oxygen atoms in total. The Bertz CT molecular complexity index is 1170. The van der Waals surface area contributed by atoms with E-state index in [1.165, 1.54) is 24.6 Å². The first-order valence-electron chi connectivity index (χ1n) is 9.34. The fourth-order valence-electron chi connectivity index (χ4n) is 2.82. The molecule has 0 saturated carbocycles. The van der Waals surface area contributed by atoms with Gasteiger partial charge in [-0.3, -0.25) is 9.78 Å². The summed E-state index contributed by atoms with van der Waals surface area (Å²) in [5.41, 5.74) is 3.04. The largest absolute Gasteiger partial charge is 0.484 e. The second-order valence-electron chi connectivity index (χ2n) is 6.44. The number of rotatable bonds is 7. The number of amides is 1. The fourth-order valence-corrected chi connectivity index (χ4v) is 2.82. The smallest absolute Gasteiger partial charge is 0.253 e. The average Bonchev–Trinajstić information content (AvgIpc) is 3.32. The average molecular weight is 416 g/mol. The van der Waals surface area contributed by atoms with Crippen LogP contribution >= 0.6 is 0 Å². The molecule has 0 unspecified atom stereocenters. The van der Waals surface area contributed by atoms with Gasteiger partial charge in [-0.05, 0) is 59.7 Å². The SMILES string of the molecule is O=C(C=Cc1cnccc1-c1ccc(F)cc1)Nc1ccc(OCc2nnco2)cc1. The summed E-state index contributed by atoms with van der Waals surface area (Å²) in [6.07, 6.45) is 7.63. The number of nitrogens with one attached hydrogen (secondary N) is 1. The van der Waals surface area contributed by atoms with Crippen molar-refractivity contribution in [3.63, 3.8) is 0 Å². The number of benzene rings is 2. The molecular weight excluding hydrogens is 399 g/mol. The summed E-state index contributed by atoms with van der Waals surface area (Å²) in [4.78, 5) is 16.4. The molecule has 0 bridgehead atoms. The minimum Gasteiger partial charge on any atom is -0.484 e. The van der Waals surface area contributed by atoms with Gasteiger partial charge in [0.1, 0.15) is 11.6 Å². The Morgan fingerprint density at radius 1 is 1.10 bits per heavy atom. The zero-order chi connectivity index (χ0) is 21.5. The van der Waals surface area contributed by atoms with E-state index in [1.54, 1.807) is 54.9 Å². The molecule has 1 N–H and O–H groups in total. The highest BCUT2D eigenvalue weighted by Crippen LogP contribution is 2.24. The molecule has 0 radical (unpaired) electrons. The quantitative estimate of drug-likeness (QED) is 0.446. The van der Waals surface area contributed by atoms with Crippen molar-refractivity contribution in [3.8, 4) is 16.9 Å². The summed E-state index contributed by atoms with van der Waals surface area (Å²) in [5.74, 6) is 0.373. The first-order valence-corrected chi connectivity index (χ1v) is 9.34. The number of pyridine rings is 1. The Labute approximate surface area is 177 Å². The van der Waals surface area contributed by atoms with Crippen molar-refractivity contribution in [2.24, 2.45) is 0 Å². The van der Waals surface area contributed by atoms with E-state index in [2.05, 4.69) is 20.5 Å². The van der Waals surface area contributed by atoms with E-state index in [0.717, 1.165) is 16.7 Å². The first kappa shape index (κ1) is 20.0. The molecule has 2 aromatic heterocycles. The van der Waals surface area contributed by atoms with E-state index >= 15 is 0 Å². The third-order valence-corrected chi connectivity index (χ3v) is 4.31. The zero-order valence-corrected chi connectivity index (χ0v) is 16.2. The molecule has 31 heavy (non-hydrogen) atoms. The van der Waals surface area contributed by atoms with Crippen molar-refractivity contribution in [3.05, 3.63) is 96.7 Å². The summed E-state index contributed by atoms with van der Waals surface area (Å²) in [7, 11) is 0. The normalized spacial score (nSPS) is 10.9. The second kappa shape index (κ2) is 9.45. The Morgan fingerprint density at radius 2 is 1.90 bits per heavy atom. The summed E-state index contributed by atoms with van der Waals surface area (Å²) >= 11 is 0. The second-order valence-corrected chi connectivity index (χ2v) is 6.44. The van der Waals surface area contributed by atoms with Crippen LogP contribution in [0.2, 0.25) is 0 Å². The van der Waals surface area contributed by atoms with Gasteiger partial charge in [0.05, 0.1) is 0 Å². The lowest BCUT2D eigenvalue weighted by Gasteiger charge is -2.07. The summed E-state index contributed by atoms with van der Waals surface area (Å²) in [6, 6.07) is 14.9. The molecule has 0 aliphatic heterocycles. The minimum atomic E-state index is -0.305. The van der Waals surface area contributed by atoms with E-state index < -0.39 is 0 Å². The minimum absolute atomic E-state index is 0.163. The van der Waals surface area contributed by atoms with Gasteiger partial charge in [0, 0.05) is 29.7 Å². The van der Waals surface area contributed by atoms with Crippen LogP contribution in [0.5, 0.6) is 5.75 Å². The van der Waals surface area contributed by atoms with Crippen molar-refractivity contribution in [1.29, 1.82) is 0 Å². The van der Waals surface area contributed by atoms with Gasteiger partial charge in [-0.25, -0.2) is 4.39 Å². The van der Waals surface area contributed by atoms with Gasteiger partial charge in [0.2, 0.25) is 12.3 Å². The van der Waals surface area contributed by atoms with E-state index in [0.29, 0.717) is 17.3 Å². The van der Waals surface area contributed by atoms with E-state index in [-0.39, 0.29) is 18.3 Å². The molecule has 1 amide bonds. The number of carbonyl (C=O) groups is 1. The van der Waals surface area contributed by atoms with Crippen molar-refractivity contribution in [2.45, 2.75) is 6.61 Å². The van der Waals surface area contributed by atoms with Gasteiger partial charge in [-0.1, -0.05) is 12.1 Å². The monoisotopic (exact) mass is 416 g/mol. The number of nitrogens with zero attached hydrogens (tertiary/aromatic N) is 3. The molecular formula is C23H17FN4O3. The van der Waals surface area contributed by atoms with E-state index in [9.17, 15) is 9.18 Å². The summed E-state index contributed by atoms with van der Waals surface area (Å²) < 4.78 is 23.7. The molecule has 0 fully saturated rings. The van der Waals surface area contributed by atoms with Crippen molar-refractivity contribution < 1.29 is 18.3 Å². The first-order chi connectivity index (χ1) is 15.2.